The summed E-state index contributed by atoms with van der Waals surface area (Å²) in [5.74, 6) is -0.0754. The van der Waals surface area contributed by atoms with Crippen molar-refractivity contribution < 1.29 is 23.1 Å². The van der Waals surface area contributed by atoms with E-state index >= 15 is 0 Å². The molecule has 0 spiro atoms. The van der Waals surface area contributed by atoms with E-state index in [1.807, 2.05) is 0 Å². The van der Waals surface area contributed by atoms with Gasteiger partial charge in [-0.05, 0) is 5.56 Å². The van der Waals surface area contributed by atoms with Crippen LogP contribution in [0.25, 0.3) is 0 Å². The fraction of sp³-hybridized carbons (Fsp3) is 0.231. The lowest BCUT2D eigenvalue weighted by atomic mass is 10.1. The summed E-state index contributed by atoms with van der Waals surface area (Å²) < 4.78 is 37.6. The lowest BCUT2D eigenvalue weighted by Gasteiger charge is -2.15. The Morgan fingerprint density at radius 2 is 2.00 bits per heavy atom. The van der Waals surface area contributed by atoms with E-state index in [0.717, 1.165) is 5.56 Å². The molecule has 1 heterocycles. The maximum Gasteiger partial charge on any atom is 0.432 e. The molecule has 0 saturated carbocycles. The minimum absolute atomic E-state index is 0.0754. The normalized spacial score (nSPS) is 12.9. The Bertz CT molecular complexity index is 611. The average molecular weight is 299 g/mol. The monoisotopic (exact) mass is 299 g/mol. The van der Waals surface area contributed by atoms with E-state index in [2.05, 4.69) is 15.3 Å². The van der Waals surface area contributed by atoms with Crippen molar-refractivity contribution in [3.63, 3.8) is 0 Å². The molecule has 2 rings (SSSR count). The number of hydrogen-bond acceptors (Lipinski definition) is 2. The van der Waals surface area contributed by atoms with E-state index in [-0.39, 0.29) is 12.2 Å². The molecule has 3 N–H and O–H groups in total. The highest BCUT2D eigenvalue weighted by atomic mass is 19.4. The van der Waals surface area contributed by atoms with Crippen LogP contribution in [0.1, 0.15) is 23.1 Å². The number of aromatic amines is 1. The topological polar surface area (TPSA) is 78.0 Å². The fourth-order valence-corrected chi connectivity index (χ4v) is 1.87. The molecular formula is C13H12F3N3O2. The molecule has 0 aliphatic carbocycles. The largest absolute Gasteiger partial charge is 0.465 e. The minimum Gasteiger partial charge on any atom is -0.465 e. The lowest BCUT2D eigenvalue weighted by Crippen LogP contribution is -2.29. The Labute approximate surface area is 117 Å². The van der Waals surface area contributed by atoms with Crippen LogP contribution in [0.5, 0.6) is 0 Å². The molecule has 1 atom stereocenters. The summed E-state index contributed by atoms with van der Waals surface area (Å²) in [6.07, 6.45) is -5.04. The SMILES string of the molecule is O=C(O)N[C@@H](Cc1ccccc1)c1ncc(C(F)(F)F)[nH]1. The zero-order chi connectivity index (χ0) is 15.5. The van der Waals surface area contributed by atoms with Crippen LogP contribution in [-0.4, -0.2) is 21.2 Å². The predicted octanol–water partition coefficient (Wildman–Crippen LogP) is 2.98. The van der Waals surface area contributed by atoms with Crippen LogP contribution < -0.4 is 5.32 Å². The predicted molar refractivity (Wildman–Crippen MR) is 67.6 cm³/mol. The Balaban J connectivity index is 2.23. The van der Waals surface area contributed by atoms with Crippen LogP contribution >= 0.6 is 0 Å². The molecule has 0 bridgehead atoms. The number of nitrogens with one attached hydrogen (secondary N) is 2. The highest BCUT2D eigenvalue weighted by Gasteiger charge is 2.34. The Hall–Kier alpha value is -2.51. The van der Waals surface area contributed by atoms with Gasteiger partial charge in [-0.3, -0.25) is 0 Å². The number of amides is 1. The highest BCUT2D eigenvalue weighted by Crippen LogP contribution is 2.28. The zero-order valence-corrected chi connectivity index (χ0v) is 10.7. The number of carboxylic acid groups (broad SMARTS) is 1. The molecule has 1 aromatic carbocycles. The lowest BCUT2D eigenvalue weighted by molar-refractivity contribution is -0.140. The molecule has 1 amide bonds. The first kappa shape index (κ1) is 14.9. The van der Waals surface area contributed by atoms with E-state index in [9.17, 15) is 18.0 Å². The van der Waals surface area contributed by atoms with Crippen molar-refractivity contribution in [1.82, 2.24) is 15.3 Å². The van der Waals surface area contributed by atoms with Gasteiger partial charge in [0.2, 0.25) is 0 Å². The van der Waals surface area contributed by atoms with E-state index in [4.69, 9.17) is 5.11 Å². The van der Waals surface area contributed by atoms with E-state index in [0.29, 0.717) is 6.20 Å². The van der Waals surface area contributed by atoms with Gasteiger partial charge in [0, 0.05) is 6.42 Å². The van der Waals surface area contributed by atoms with Gasteiger partial charge in [0.15, 0.2) is 0 Å². The van der Waals surface area contributed by atoms with Crippen molar-refractivity contribution >= 4 is 6.09 Å². The third kappa shape index (κ3) is 3.98. The Morgan fingerprint density at radius 1 is 1.33 bits per heavy atom. The molecule has 0 aliphatic heterocycles. The zero-order valence-electron chi connectivity index (χ0n) is 10.7. The molecule has 21 heavy (non-hydrogen) atoms. The van der Waals surface area contributed by atoms with Crippen molar-refractivity contribution in [2.24, 2.45) is 0 Å². The molecule has 0 saturated heterocycles. The second-order valence-electron chi connectivity index (χ2n) is 4.37. The summed E-state index contributed by atoms with van der Waals surface area (Å²) in [5, 5.41) is 11.0. The van der Waals surface area contributed by atoms with Gasteiger partial charge < -0.3 is 15.4 Å². The fourth-order valence-electron chi connectivity index (χ4n) is 1.87. The van der Waals surface area contributed by atoms with Crippen molar-refractivity contribution in [2.45, 2.75) is 18.6 Å². The molecule has 112 valence electrons. The van der Waals surface area contributed by atoms with Gasteiger partial charge >= 0.3 is 12.3 Å². The molecule has 8 heteroatoms. The van der Waals surface area contributed by atoms with Crippen LogP contribution in [0.4, 0.5) is 18.0 Å². The van der Waals surface area contributed by atoms with Crippen LogP contribution in [0.15, 0.2) is 36.5 Å². The molecule has 0 unspecified atom stereocenters. The third-order valence-electron chi connectivity index (χ3n) is 2.81. The van der Waals surface area contributed by atoms with Gasteiger partial charge in [-0.25, -0.2) is 9.78 Å². The number of alkyl halides is 3. The van der Waals surface area contributed by atoms with E-state index < -0.39 is 24.0 Å². The number of nitrogens with zero attached hydrogens (tertiary/aromatic N) is 1. The first-order chi connectivity index (χ1) is 9.86. The summed E-state index contributed by atoms with van der Waals surface area (Å²) in [6, 6.07) is 7.93. The van der Waals surface area contributed by atoms with E-state index in [1.165, 1.54) is 0 Å². The molecular weight excluding hydrogens is 287 g/mol. The maximum atomic E-state index is 12.5. The number of imidazole rings is 1. The van der Waals surface area contributed by atoms with Gasteiger partial charge in [-0.1, -0.05) is 30.3 Å². The summed E-state index contributed by atoms with van der Waals surface area (Å²) in [5.41, 5.74) is -0.232. The first-order valence-electron chi connectivity index (χ1n) is 6.01. The third-order valence-corrected chi connectivity index (χ3v) is 2.81. The molecule has 0 radical (unpaired) electrons. The number of rotatable bonds is 4. The molecule has 2 aromatic rings. The highest BCUT2D eigenvalue weighted by molar-refractivity contribution is 5.65. The molecule has 0 fully saturated rings. The summed E-state index contributed by atoms with van der Waals surface area (Å²) >= 11 is 0. The van der Waals surface area contributed by atoms with Gasteiger partial charge in [0.1, 0.15) is 11.5 Å². The number of aromatic nitrogens is 2. The smallest absolute Gasteiger partial charge is 0.432 e. The van der Waals surface area contributed by atoms with Crippen LogP contribution in [0.2, 0.25) is 0 Å². The first-order valence-corrected chi connectivity index (χ1v) is 6.01. The van der Waals surface area contributed by atoms with Crippen molar-refractivity contribution in [1.29, 1.82) is 0 Å². The molecule has 1 aromatic heterocycles. The van der Waals surface area contributed by atoms with Crippen LogP contribution in [0, 0.1) is 0 Å². The van der Waals surface area contributed by atoms with Crippen molar-refractivity contribution in [2.75, 3.05) is 0 Å². The molecule has 0 aliphatic rings. The minimum atomic E-state index is -4.55. The van der Waals surface area contributed by atoms with E-state index in [1.54, 1.807) is 30.3 Å². The van der Waals surface area contributed by atoms with Gasteiger partial charge in [0.05, 0.1) is 12.2 Å². The number of benzene rings is 1. The van der Waals surface area contributed by atoms with Gasteiger partial charge in [0.25, 0.3) is 0 Å². The van der Waals surface area contributed by atoms with Crippen molar-refractivity contribution in [3.05, 3.63) is 53.6 Å². The second kappa shape index (κ2) is 5.86. The molecule has 5 nitrogen and oxygen atoms in total. The number of hydrogen-bond donors (Lipinski definition) is 3. The number of halogens is 3. The van der Waals surface area contributed by atoms with Crippen LogP contribution in [-0.2, 0) is 12.6 Å². The number of carbonyl (C=O) groups is 1. The average Bonchev–Trinajstić information content (AvgIpc) is 2.88. The summed E-state index contributed by atoms with van der Waals surface area (Å²) in [6.45, 7) is 0. The summed E-state index contributed by atoms with van der Waals surface area (Å²) in [4.78, 5) is 16.5. The van der Waals surface area contributed by atoms with Crippen molar-refractivity contribution in [3.8, 4) is 0 Å². The Morgan fingerprint density at radius 3 is 2.52 bits per heavy atom. The summed E-state index contributed by atoms with van der Waals surface area (Å²) in [7, 11) is 0. The Kier molecular flexibility index (Phi) is 4.15. The van der Waals surface area contributed by atoms with Gasteiger partial charge in [-0.2, -0.15) is 13.2 Å². The second-order valence-corrected chi connectivity index (χ2v) is 4.37. The maximum absolute atomic E-state index is 12.5. The number of H-pyrrole nitrogens is 1. The quantitative estimate of drug-likeness (QED) is 0.812. The van der Waals surface area contributed by atoms with Crippen LogP contribution in [0.3, 0.4) is 0 Å². The standard InChI is InChI=1S/C13H12F3N3O2/c14-13(15,16)10-7-17-11(19-10)9(18-12(20)21)6-8-4-2-1-3-5-8/h1-5,7,9,18H,6H2,(H,17,19)(H,20,21)/t9-/m0/s1. The van der Waals surface area contributed by atoms with Gasteiger partial charge in [-0.15, -0.1) is 0 Å².